The van der Waals surface area contributed by atoms with E-state index in [4.69, 9.17) is 4.74 Å². The normalized spacial score (nSPS) is 11.2. The molecule has 16 heavy (non-hydrogen) atoms. The molecule has 0 saturated carbocycles. The minimum atomic E-state index is -0.294. The summed E-state index contributed by atoms with van der Waals surface area (Å²) in [5.74, 6) is 0.429. The summed E-state index contributed by atoms with van der Waals surface area (Å²) in [6.07, 6.45) is 0.973. The summed E-state index contributed by atoms with van der Waals surface area (Å²) in [5, 5.41) is 0. The van der Waals surface area contributed by atoms with Crippen LogP contribution in [0.3, 0.4) is 0 Å². The van der Waals surface area contributed by atoms with Crippen LogP contribution in [0.4, 0.5) is 4.39 Å². The van der Waals surface area contributed by atoms with Gasteiger partial charge in [0, 0.05) is 12.7 Å². The highest BCUT2D eigenvalue weighted by Gasteiger charge is 2.07. The number of hydrogen-bond acceptors (Lipinski definition) is 2. The highest BCUT2D eigenvalue weighted by atomic mass is 79.9. The van der Waals surface area contributed by atoms with E-state index in [9.17, 15) is 4.39 Å². The number of aromatic nitrogens is 2. The molecule has 1 N–H and O–H groups in total. The van der Waals surface area contributed by atoms with Gasteiger partial charge in [-0.1, -0.05) is 6.92 Å². The Bertz CT molecular complexity index is 459. The molecule has 5 heteroatoms. The number of nitrogens with one attached hydrogen (secondary N) is 1. The highest BCUT2D eigenvalue weighted by Crippen LogP contribution is 2.21. The SMILES string of the molecule is CCCOCc1nc2cc(Br)c(F)cc2[nH]1. The van der Waals surface area contributed by atoms with Gasteiger partial charge < -0.3 is 9.72 Å². The van der Waals surface area contributed by atoms with E-state index in [0.29, 0.717) is 23.2 Å². The van der Waals surface area contributed by atoms with Gasteiger partial charge in [0.1, 0.15) is 18.2 Å². The second-order valence-corrected chi connectivity index (χ2v) is 4.37. The van der Waals surface area contributed by atoms with Gasteiger partial charge in [0.05, 0.1) is 15.5 Å². The van der Waals surface area contributed by atoms with Crippen molar-refractivity contribution in [3.63, 3.8) is 0 Å². The Kier molecular flexibility index (Phi) is 3.56. The molecule has 0 spiro atoms. The summed E-state index contributed by atoms with van der Waals surface area (Å²) in [5.41, 5.74) is 1.43. The maximum absolute atomic E-state index is 13.2. The smallest absolute Gasteiger partial charge is 0.139 e. The Morgan fingerprint density at radius 3 is 3.06 bits per heavy atom. The first-order valence-electron chi connectivity index (χ1n) is 5.12. The molecule has 0 fully saturated rings. The van der Waals surface area contributed by atoms with Gasteiger partial charge in [-0.2, -0.15) is 0 Å². The van der Waals surface area contributed by atoms with E-state index in [1.54, 1.807) is 6.07 Å². The van der Waals surface area contributed by atoms with Crippen molar-refractivity contribution < 1.29 is 9.13 Å². The lowest BCUT2D eigenvalue weighted by Gasteiger charge is -1.97. The first-order valence-corrected chi connectivity index (χ1v) is 5.91. The fourth-order valence-electron chi connectivity index (χ4n) is 1.44. The van der Waals surface area contributed by atoms with Crippen LogP contribution < -0.4 is 0 Å². The highest BCUT2D eigenvalue weighted by molar-refractivity contribution is 9.10. The predicted molar refractivity (Wildman–Crippen MR) is 63.7 cm³/mol. The summed E-state index contributed by atoms with van der Waals surface area (Å²) >= 11 is 3.13. The van der Waals surface area contributed by atoms with Crippen molar-refractivity contribution in [3.8, 4) is 0 Å². The summed E-state index contributed by atoms with van der Waals surface area (Å²) in [6, 6.07) is 3.08. The van der Waals surface area contributed by atoms with Crippen LogP contribution >= 0.6 is 15.9 Å². The third-order valence-electron chi connectivity index (χ3n) is 2.16. The lowest BCUT2D eigenvalue weighted by Crippen LogP contribution is -1.95. The number of ether oxygens (including phenoxy) is 1. The number of halogens is 2. The van der Waals surface area contributed by atoms with Crippen LogP contribution in [0.25, 0.3) is 11.0 Å². The molecule has 0 saturated heterocycles. The molecule has 0 aliphatic carbocycles. The van der Waals surface area contributed by atoms with Crippen molar-refractivity contribution in [2.24, 2.45) is 0 Å². The van der Waals surface area contributed by atoms with Crippen molar-refractivity contribution in [1.29, 1.82) is 0 Å². The van der Waals surface area contributed by atoms with Crippen LogP contribution in [-0.2, 0) is 11.3 Å². The standard InChI is InChI=1S/C11H12BrFN2O/c1-2-3-16-6-11-14-9-4-7(12)8(13)5-10(9)15-11/h4-5H,2-3,6H2,1H3,(H,14,15). The molecule has 0 aliphatic rings. The van der Waals surface area contributed by atoms with E-state index >= 15 is 0 Å². The van der Waals surface area contributed by atoms with E-state index < -0.39 is 0 Å². The largest absolute Gasteiger partial charge is 0.374 e. The molecular weight excluding hydrogens is 275 g/mol. The van der Waals surface area contributed by atoms with Crippen LogP contribution in [-0.4, -0.2) is 16.6 Å². The molecule has 1 aromatic heterocycles. The van der Waals surface area contributed by atoms with Crippen LogP contribution in [0, 0.1) is 5.82 Å². The third-order valence-corrected chi connectivity index (χ3v) is 2.77. The van der Waals surface area contributed by atoms with E-state index in [1.165, 1.54) is 6.07 Å². The molecular formula is C11H12BrFN2O. The van der Waals surface area contributed by atoms with E-state index in [1.807, 2.05) is 6.92 Å². The number of imidazole rings is 1. The maximum atomic E-state index is 13.2. The number of hydrogen-bond donors (Lipinski definition) is 1. The van der Waals surface area contributed by atoms with Gasteiger partial charge in [-0.25, -0.2) is 9.37 Å². The molecule has 0 amide bonds. The molecule has 0 radical (unpaired) electrons. The van der Waals surface area contributed by atoms with Crippen LogP contribution in [0.5, 0.6) is 0 Å². The molecule has 0 atom stereocenters. The summed E-state index contributed by atoms with van der Waals surface area (Å²) in [6.45, 7) is 3.18. The summed E-state index contributed by atoms with van der Waals surface area (Å²) in [4.78, 5) is 7.33. The van der Waals surface area contributed by atoms with Gasteiger partial charge in [-0.05, 0) is 28.4 Å². The number of H-pyrrole nitrogens is 1. The number of nitrogens with zero attached hydrogens (tertiary/aromatic N) is 1. The third kappa shape index (κ3) is 2.41. The lowest BCUT2D eigenvalue weighted by atomic mass is 10.3. The van der Waals surface area contributed by atoms with Crippen molar-refractivity contribution in [1.82, 2.24) is 9.97 Å². The molecule has 2 aromatic rings. The average Bonchev–Trinajstić information content (AvgIpc) is 2.61. The summed E-state index contributed by atoms with van der Waals surface area (Å²) in [7, 11) is 0. The van der Waals surface area contributed by atoms with Gasteiger partial charge in [0.25, 0.3) is 0 Å². The Labute approximate surface area is 101 Å². The van der Waals surface area contributed by atoms with Crippen LogP contribution in [0.2, 0.25) is 0 Å². The lowest BCUT2D eigenvalue weighted by molar-refractivity contribution is 0.117. The molecule has 0 aliphatic heterocycles. The second kappa shape index (κ2) is 4.93. The maximum Gasteiger partial charge on any atom is 0.139 e. The quantitative estimate of drug-likeness (QED) is 0.875. The van der Waals surface area contributed by atoms with Crippen molar-refractivity contribution in [2.75, 3.05) is 6.61 Å². The second-order valence-electron chi connectivity index (χ2n) is 3.52. The van der Waals surface area contributed by atoms with Crippen molar-refractivity contribution in [2.45, 2.75) is 20.0 Å². The zero-order valence-corrected chi connectivity index (χ0v) is 10.5. The van der Waals surface area contributed by atoms with Gasteiger partial charge in [-0.3, -0.25) is 0 Å². The molecule has 86 valence electrons. The first kappa shape index (κ1) is 11.5. The average molecular weight is 287 g/mol. The molecule has 0 bridgehead atoms. The fraction of sp³-hybridized carbons (Fsp3) is 0.364. The Balaban J connectivity index is 2.23. The first-order chi connectivity index (χ1) is 7.70. The number of fused-ring (bicyclic) bond motifs is 1. The monoisotopic (exact) mass is 286 g/mol. The Morgan fingerprint density at radius 1 is 1.50 bits per heavy atom. The minimum absolute atomic E-state index is 0.294. The summed E-state index contributed by atoms with van der Waals surface area (Å²) < 4.78 is 19.0. The predicted octanol–water partition coefficient (Wildman–Crippen LogP) is 3.39. The topological polar surface area (TPSA) is 37.9 Å². The van der Waals surface area contributed by atoms with Gasteiger partial charge in [0.15, 0.2) is 0 Å². The number of aromatic amines is 1. The minimum Gasteiger partial charge on any atom is -0.374 e. The van der Waals surface area contributed by atoms with E-state index in [-0.39, 0.29) is 5.82 Å². The molecule has 3 nitrogen and oxygen atoms in total. The Hall–Kier alpha value is -0.940. The number of rotatable bonds is 4. The molecule has 1 heterocycles. The van der Waals surface area contributed by atoms with Crippen molar-refractivity contribution in [3.05, 3.63) is 28.2 Å². The number of benzene rings is 1. The fourth-order valence-corrected chi connectivity index (χ4v) is 1.77. The van der Waals surface area contributed by atoms with Crippen LogP contribution in [0.1, 0.15) is 19.2 Å². The zero-order valence-electron chi connectivity index (χ0n) is 8.89. The van der Waals surface area contributed by atoms with Gasteiger partial charge in [0.2, 0.25) is 0 Å². The van der Waals surface area contributed by atoms with E-state index in [2.05, 4.69) is 25.9 Å². The van der Waals surface area contributed by atoms with Gasteiger partial charge >= 0.3 is 0 Å². The molecule has 0 unspecified atom stereocenters. The van der Waals surface area contributed by atoms with Gasteiger partial charge in [-0.15, -0.1) is 0 Å². The molecule has 1 aromatic carbocycles. The zero-order chi connectivity index (χ0) is 11.5. The molecule has 2 rings (SSSR count). The van der Waals surface area contributed by atoms with Crippen molar-refractivity contribution >= 4 is 27.0 Å². The van der Waals surface area contributed by atoms with Crippen LogP contribution in [0.15, 0.2) is 16.6 Å². The van der Waals surface area contributed by atoms with E-state index in [0.717, 1.165) is 17.8 Å². The Morgan fingerprint density at radius 2 is 2.31 bits per heavy atom.